The number of hydrogen-bond acceptors (Lipinski definition) is 5. The van der Waals surface area contributed by atoms with Crippen LogP contribution < -0.4 is 5.32 Å². The third kappa shape index (κ3) is 4.38. The van der Waals surface area contributed by atoms with Crippen LogP contribution in [-0.4, -0.2) is 61.6 Å². The van der Waals surface area contributed by atoms with Gasteiger partial charge in [0.05, 0.1) is 19.3 Å². The first-order chi connectivity index (χ1) is 9.15. The van der Waals surface area contributed by atoms with E-state index in [4.69, 9.17) is 4.74 Å². The van der Waals surface area contributed by atoms with E-state index in [-0.39, 0.29) is 17.3 Å². The molecule has 0 bridgehead atoms. The van der Waals surface area contributed by atoms with Crippen molar-refractivity contribution < 1.29 is 14.3 Å². The molecule has 0 aromatic rings. The molecule has 1 heterocycles. The van der Waals surface area contributed by atoms with Crippen LogP contribution in [0.3, 0.4) is 0 Å². The van der Waals surface area contributed by atoms with E-state index in [1.165, 1.54) is 7.11 Å². The Balaban J connectivity index is 1.65. The van der Waals surface area contributed by atoms with Crippen LogP contribution >= 0.6 is 11.8 Å². The molecule has 1 amide bonds. The Hall–Kier alpha value is -0.750. The summed E-state index contributed by atoms with van der Waals surface area (Å²) in [5.74, 6) is 1.51. The molecule has 0 atom stereocenters. The highest BCUT2D eigenvalue weighted by Crippen LogP contribution is 2.51. The Morgan fingerprint density at radius 3 is 2.58 bits per heavy atom. The Morgan fingerprint density at radius 1 is 1.32 bits per heavy atom. The zero-order valence-corrected chi connectivity index (χ0v) is 12.3. The molecule has 108 valence electrons. The lowest BCUT2D eigenvalue weighted by Crippen LogP contribution is -2.47. The minimum Gasteiger partial charge on any atom is -0.469 e. The molecule has 5 nitrogen and oxygen atoms in total. The summed E-state index contributed by atoms with van der Waals surface area (Å²) < 4.78 is 4.72. The molecular weight excluding hydrogens is 264 g/mol. The number of methoxy groups -OCH3 is 1. The van der Waals surface area contributed by atoms with Crippen molar-refractivity contribution >= 4 is 23.6 Å². The molecule has 6 heteroatoms. The van der Waals surface area contributed by atoms with E-state index in [1.807, 2.05) is 4.90 Å². The van der Waals surface area contributed by atoms with Gasteiger partial charge in [0.1, 0.15) is 0 Å². The third-order valence-electron chi connectivity index (χ3n) is 3.81. The van der Waals surface area contributed by atoms with Crippen LogP contribution in [0.2, 0.25) is 0 Å². The maximum Gasteiger partial charge on any atom is 0.306 e. The summed E-state index contributed by atoms with van der Waals surface area (Å²) >= 11 is 1.66. The summed E-state index contributed by atoms with van der Waals surface area (Å²) in [6, 6.07) is 0. The Labute approximate surface area is 118 Å². The molecule has 1 aliphatic heterocycles. The molecule has 0 radical (unpaired) electrons. The maximum absolute atomic E-state index is 12.0. The summed E-state index contributed by atoms with van der Waals surface area (Å²) in [5, 5.41) is 3.24. The second-order valence-corrected chi connectivity index (χ2v) is 6.36. The molecule has 0 unspecified atom stereocenters. The lowest BCUT2D eigenvalue weighted by Gasteiger charge is -2.27. The highest BCUT2D eigenvalue weighted by molar-refractivity contribution is 7.99. The summed E-state index contributed by atoms with van der Waals surface area (Å²) in [7, 11) is 1.43. The minimum absolute atomic E-state index is 0.113. The van der Waals surface area contributed by atoms with Crippen molar-refractivity contribution in [1.82, 2.24) is 10.2 Å². The van der Waals surface area contributed by atoms with Gasteiger partial charge in [-0.05, 0) is 24.0 Å². The molecular formula is C13H22N2O3S. The van der Waals surface area contributed by atoms with Crippen LogP contribution in [-0.2, 0) is 14.3 Å². The highest BCUT2D eigenvalue weighted by Gasteiger charge is 2.44. The molecule has 0 aromatic heterocycles. The van der Waals surface area contributed by atoms with E-state index < -0.39 is 0 Å². The zero-order valence-electron chi connectivity index (χ0n) is 11.4. The number of thioether (sulfide) groups is 1. The van der Waals surface area contributed by atoms with Gasteiger partial charge in [-0.15, -0.1) is 0 Å². The number of esters is 1. The van der Waals surface area contributed by atoms with Crippen LogP contribution in [0.5, 0.6) is 0 Å². The van der Waals surface area contributed by atoms with Crippen LogP contribution in [0.4, 0.5) is 0 Å². The average Bonchev–Trinajstić information content (AvgIpc) is 3.19. The number of piperazine rings is 1. The lowest BCUT2D eigenvalue weighted by atomic mass is 10.1. The summed E-state index contributed by atoms with van der Waals surface area (Å²) in [6.45, 7) is 3.41. The molecule has 1 saturated heterocycles. The molecule has 2 aliphatic rings. The lowest BCUT2D eigenvalue weighted by molar-refractivity contribution is -0.141. The Morgan fingerprint density at radius 2 is 2.00 bits per heavy atom. The molecule has 1 N–H and O–H groups in total. The number of nitrogens with zero attached hydrogens (tertiary/aromatic N) is 1. The zero-order chi connectivity index (χ0) is 13.7. The minimum atomic E-state index is -0.133. The van der Waals surface area contributed by atoms with Gasteiger partial charge in [0.2, 0.25) is 5.91 Å². The molecule has 1 saturated carbocycles. The third-order valence-corrected chi connectivity index (χ3v) is 5.08. The molecule has 0 aromatic carbocycles. The van der Waals surface area contributed by atoms with Crippen LogP contribution in [0.25, 0.3) is 0 Å². The van der Waals surface area contributed by atoms with Gasteiger partial charge in [-0.25, -0.2) is 0 Å². The summed E-state index contributed by atoms with van der Waals surface area (Å²) in [6.07, 6.45) is 2.66. The van der Waals surface area contributed by atoms with Crippen molar-refractivity contribution in [2.45, 2.75) is 19.3 Å². The quantitative estimate of drug-likeness (QED) is 0.720. The first kappa shape index (κ1) is 14.7. The second kappa shape index (κ2) is 6.61. The van der Waals surface area contributed by atoms with Gasteiger partial charge in [-0.3, -0.25) is 9.59 Å². The number of hydrogen-bond donors (Lipinski definition) is 1. The van der Waals surface area contributed by atoms with Gasteiger partial charge in [0, 0.05) is 26.2 Å². The van der Waals surface area contributed by atoms with E-state index in [2.05, 4.69) is 5.32 Å². The average molecular weight is 286 g/mol. The predicted molar refractivity (Wildman–Crippen MR) is 75.1 cm³/mol. The highest BCUT2D eigenvalue weighted by atomic mass is 32.2. The fourth-order valence-electron chi connectivity index (χ4n) is 2.29. The summed E-state index contributed by atoms with van der Waals surface area (Å²) in [4.78, 5) is 25.2. The van der Waals surface area contributed by atoms with Crippen LogP contribution in [0.1, 0.15) is 19.3 Å². The number of nitrogens with one attached hydrogen (secondary N) is 1. The first-order valence-electron chi connectivity index (χ1n) is 6.78. The van der Waals surface area contributed by atoms with Gasteiger partial charge in [0.15, 0.2) is 0 Å². The normalized spacial score (nSPS) is 21.0. The van der Waals surface area contributed by atoms with E-state index >= 15 is 0 Å². The molecule has 2 fully saturated rings. The van der Waals surface area contributed by atoms with Crippen molar-refractivity contribution in [2.75, 3.05) is 44.8 Å². The van der Waals surface area contributed by atoms with E-state index in [9.17, 15) is 9.59 Å². The van der Waals surface area contributed by atoms with Crippen molar-refractivity contribution in [3.63, 3.8) is 0 Å². The van der Waals surface area contributed by atoms with Gasteiger partial charge in [-0.1, -0.05) is 0 Å². The van der Waals surface area contributed by atoms with Gasteiger partial charge < -0.3 is 15.0 Å². The molecule has 1 aliphatic carbocycles. The Kier molecular flexibility index (Phi) is 5.10. The number of ether oxygens (including phenoxy) is 1. The van der Waals surface area contributed by atoms with Crippen LogP contribution in [0.15, 0.2) is 0 Å². The fraction of sp³-hybridized carbons (Fsp3) is 0.846. The number of carbonyl (C=O) groups excluding carboxylic acids is 2. The van der Waals surface area contributed by atoms with Crippen molar-refractivity contribution in [3.05, 3.63) is 0 Å². The van der Waals surface area contributed by atoms with Gasteiger partial charge in [0.25, 0.3) is 0 Å². The SMILES string of the molecule is COC(=O)CC1(CSCC(=O)N2CCNCC2)CC1. The largest absolute Gasteiger partial charge is 0.469 e. The monoisotopic (exact) mass is 286 g/mol. The second-order valence-electron chi connectivity index (χ2n) is 5.38. The predicted octanol–water partition coefficient (Wildman–Crippen LogP) is 0.495. The maximum atomic E-state index is 12.0. The molecule has 2 rings (SSSR count). The fourth-order valence-corrected chi connectivity index (χ4v) is 3.57. The number of carbonyl (C=O) groups is 2. The molecule has 19 heavy (non-hydrogen) atoms. The standard InChI is InChI=1S/C13H22N2O3S/c1-18-12(17)8-13(2-3-13)10-19-9-11(16)15-6-4-14-5-7-15/h14H,2-10H2,1H3. The van der Waals surface area contributed by atoms with Crippen LogP contribution in [0, 0.1) is 5.41 Å². The molecule has 0 spiro atoms. The van der Waals surface area contributed by atoms with Crippen molar-refractivity contribution in [2.24, 2.45) is 5.41 Å². The van der Waals surface area contributed by atoms with Crippen molar-refractivity contribution in [1.29, 1.82) is 0 Å². The first-order valence-corrected chi connectivity index (χ1v) is 7.94. The van der Waals surface area contributed by atoms with Crippen molar-refractivity contribution in [3.8, 4) is 0 Å². The Bertz CT molecular complexity index is 339. The smallest absolute Gasteiger partial charge is 0.306 e. The van der Waals surface area contributed by atoms with E-state index in [1.54, 1.807) is 11.8 Å². The van der Waals surface area contributed by atoms with E-state index in [0.29, 0.717) is 12.2 Å². The van der Waals surface area contributed by atoms with Gasteiger partial charge in [-0.2, -0.15) is 11.8 Å². The van der Waals surface area contributed by atoms with E-state index in [0.717, 1.165) is 44.8 Å². The summed E-state index contributed by atoms with van der Waals surface area (Å²) in [5.41, 5.74) is 0.113. The number of amides is 1. The van der Waals surface area contributed by atoms with Gasteiger partial charge >= 0.3 is 5.97 Å². The topological polar surface area (TPSA) is 58.6 Å². The number of rotatable bonds is 6.